The van der Waals surface area contributed by atoms with E-state index < -0.39 is 47.8 Å². The van der Waals surface area contributed by atoms with E-state index in [0.717, 1.165) is 6.07 Å². The van der Waals surface area contributed by atoms with Gasteiger partial charge in [0.15, 0.2) is 0 Å². The summed E-state index contributed by atoms with van der Waals surface area (Å²) in [7, 11) is -9.94. The van der Waals surface area contributed by atoms with Crippen molar-refractivity contribution in [1.29, 1.82) is 0 Å². The molecule has 2 atom stereocenters. The first-order valence-corrected chi connectivity index (χ1v) is 8.28. The summed E-state index contributed by atoms with van der Waals surface area (Å²) in [4.78, 5) is 8.68. The van der Waals surface area contributed by atoms with Crippen LogP contribution in [-0.4, -0.2) is 15.4 Å². The van der Waals surface area contributed by atoms with Crippen LogP contribution in [-0.2, 0) is 4.79 Å². The van der Waals surface area contributed by atoms with Gasteiger partial charge >= 0.3 is 16.2 Å². The van der Waals surface area contributed by atoms with Crippen molar-refractivity contribution in [2.45, 2.75) is 15.1 Å². The van der Waals surface area contributed by atoms with Crippen LogP contribution in [0.3, 0.4) is 0 Å². The van der Waals surface area contributed by atoms with Crippen LogP contribution in [0.25, 0.3) is 0 Å². The second-order valence-electron chi connectivity index (χ2n) is 4.66. The van der Waals surface area contributed by atoms with E-state index in [9.17, 15) is 24.2 Å². The molecule has 0 aliphatic heterocycles. The molecule has 1 saturated carbocycles. The molecule has 1 aliphatic rings. The Labute approximate surface area is 130 Å². The van der Waals surface area contributed by atoms with Gasteiger partial charge in [-0.2, -0.15) is 0 Å². The van der Waals surface area contributed by atoms with Crippen LogP contribution < -0.4 is 0 Å². The van der Waals surface area contributed by atoms with Crippen molar-refractivity contribution in [2.75, 3.05) is 0 Å². The highest BCUT2D eigenvalue weighted by Gasteiger charge is 2.69. The van der Waals surface area contributed by atoms with Gasteiger partial charge in [0, 0.05) is 10.9 Å². The summed E-state index contributed by atoms with van der Waals surface area (Å²) in [5.74, 6) is -4.10. The van der Waals surface area contributed by atoms with Gasteiger partial charge in [0.2, 0.25) is 0 Å². The van der Waals surface area contributed by atoms with Gasteiger partial charge in [-0.15, -0.1) is 0 Å². The van der Waals surface area contributed by atoms with Gasteiger partial charge in [0.05, 0.1) is 5.92 Å². The van der Waals surface area contributed by atoms with Gasteiger partial charge in [-0.3, -0.25) is 4.79 Å². The van der Waals surface area contributed by atoms with Crippen LogP contribution in [0.2, 0.25) is 5.02 Å². The summed E-state index contributed by atoms with van der Waals surface area (Å²) < 4.78 is 62.1. The van der Waals surface area contributed by atoms with E-state index in [2.05, 4.69) is 0 Å². The van der Waals surface area contributed by atoms with Gasteiger partial charge in [-0.25, -0.2) is 0 Å². The summed E-state index contributed by atoms with van der Waals surface area (Å²) >= 11 is 16.8. The first kappa shape index (κ1) is 16.9. The van der Waals surface area contributed by atoms with E-state index in [0.29, 0.717) is 0 Å². The Kier molecular flexibility index (Phi) is 3.14. The number of carbonyl (C=O) groups is 1. The molecule has 0 heterocycles. The number of alkyl halides is 2. The third kappa shape index (κ3) is 3.18. The third-order valence-electron chi connectivity index (χ3n) is 3.02. The van der Waals surface area contributed by atoms with Crippen LogP contribution in [0.5, 0.6) is 0 Å². The number of benzene rings is 1. The Morgan fingerprint density at radius 2 is 1.67 bits per heavy atom. The van der Waals surface area contributed by atoms with Crippen molar-refractivity contribution in [3.63, 3.8) is 0 Å². The average molecular weight is 392 g/mol. The summed E-state index contributed by atoms with van der Waals surface area (Å²) in [6, 6.07) is 1.15. The van der Waals surface area contributed by atoms with Gasteiger partial charge in [0.25, 0.3) is 0 Å². The molecule has 0 spiro atoms. The Morgan fingerprint density at radius 3 is 2.05 bits per heavy atom. The lowest BCUT2D eigenvalue weighted by molar-refractivity contribution is -0.138. The molecule has 0 saturated heterocycles. The summed E-state index contributed by atoms with van der Waals surface area (Å²) in [6.45, 7) is 0. The highest BCUT2D eigenvalue weighted by Crippen LogP contribution is 3.02. The van der Waals surface area contributed by atoms with E-state index in [-0.39, 0.29) is 12.1 Å². The van der Waals surface area contributed by atoms with Gasteiger partial charge in [-0.1, -0.05) is 54.2 Å². The molecule has 0 aromatic heterocycles. The standard InChI is InChI=1S/C10H6Cl3F5O2S/c11-5-1-4(7-8(9(19)20)10(7,12)13)2-6(3-5)21(14,15,16,17)18/h1-3,7-8H,(H,19,20)/t7-,8+/m0/s1. The van der Waals surface area contributed by atoms with Crippen molar-refractivity contribution in [3.05, 3.63) is 28.8 Å². The zero-order valence-corrected chi connectivity index (χ0v) is 12.8. The molecular formula is C10H6Cl3F5O2S. The molecule has 1 aliphatic carbocycles. The molecule has 0 unspecified atom stereocenters. The van der Waals surface area contributed by atoms with E-state index in [1.54, 1.807) is 0 Å². The number of halogens is 8. The lowest BCUT2D eigenvalue weighted by Gasteiger charge is -2.40. The van der Waals surface area contributed by atoms with Crippen molar-refractivity contribution in [3.8, 4) is 0 Å². The molecule has 21 heavy (non-hydrogen) atoms. The SMILES string of the molecule is O=C(O)[C@H]1[C@H](c2cc(Cl)cc(S(F)(F)(F)(F)F)c2)C1(Cl)Cl. The van der Waals surface area contributed by atoms with Crippen molar-refractivity contribution < 1.29 is 29.3 Å². The number of rotatable bonds is 3. The first-order valence-electron chi connectivity index (χ1n) is 5.19. The molecule has 1 aromatic carbocycles. The van der Waals surface area contributed by atoms with E-state index in [1.165, 1.54) is 0 Å². The van der Waals surface area contributed by atoms with Crippen LogP contribution in [0, 0.1) is 5.92 Å². The van der Waals surface area contributed by atoms with Gasteiger partial charge in [-0.05, 0) is 23.8 Å². The Morgan fingerprint density at radius 1 is 1.14 bits per heavy atom. The van der Waals surface area contributed by atoms with Crippen LogP contribution in [0.1, 0.15) is 11.5 Å². The molecule has 11 heteroatoms. The Balaban J connectivity index is 2.56. The molecule has 1 N–H and O–H groups in total. The molecule has 2 rings (SSSR count). The fourth-order valence-corrected chi connectivity index (χ4v) is 3.87. The number of carboxylic acid groups (broad SMARTS) is 1. The lowest BCUT2D eigenvalue weighted by Crippen LogP contribution is -2.07. The first-order chi connectivity index (χ1) is 9.04. The molecule has 0 amide bonds. The van der Waals surface area contributed by atoms with Crippen LogP contribution in [0.4, 0.5) is 19.4 Å². The summed E-state index contributed by atoms with van der Waals surface area (Å²) in [5.41, 5.74) is -0.400. The molecule has 120 valence electrons. The average Bonchev–Trinajstić information content (AvgIpc) is 2.77. The second kappa shape index (κ2) is 3.90. The van der Waals surface area contributed by atoms with Crippen molar-refractivity contribution in [2.24, 2.45) is 5.92 Å². The molecule has 0 radical (unpaired) electrons. The minimum atomic E-state index is -9.94. The molecule has 2 nitrogen and oxygen atoms in total. The molecule has 0 bridgehead atoms. The topological polar surface area (TPSA) is 37.3 Å². The number of aliphatic carboxylic acids is 1. The fourth-order valence-electron chi connectivity index (χ4n) is 2.04. The predicted molar refractivity (Wildman–Crippen MR) is 71.2 cm³/mol. The summed E-state index contributed by atoms with van der Waals surface area (Å²) in [6.07, 6.45) is 0. The zero-order valence-electron chi connectivity index (χ0n) is 9.67. The van der Waals surface area contributed by atoms with E-state index >= 15 is 0 Å². The van der Waals surface area contributed by atoms with Crippen molar-refractivity contribution >= 4 is 51.0 Å². The number of hydrogen-bond donors (Lipinski definition) is 1. The van der Waals surface area contributed by atoms with Crippen molar-refractivity contribution in [1.82, 2.24) is 0 Å². The smallest absolute Gasteiger partial charge is 0.310 e. The maximum atomic E-state index is 12.8. The van der Waals surface area contributed by atoms with Crippen LogP contribution >= 0.6 is 45.0 Å². The second-order valence-corrected chi connectivity index (χ2v) is 8.95. The highest BCUT2D eigenvalue weighted by atomic mass is 35.5. The maximum absolute atomic E-state index is 12.8. The molecule has 1 aromatic rings. The Bertz CT molecular complexity index is 646. The number of carboxylic acids is 1. The predicted octanol–water partition coefficient (Wildman–Crippen LogP) is 5.97. The molecule has 1 fully saturated rings. The zero-order chi connectivity index (χ0) is 16.5. The largest absolute Gasteiger partial charge is 0.481 e. The number of hydrogen-bond acceptors (Lipinski definition) is 1. The third-order valence-corrected chi connectivity index (χ3v) is 5.30. The van der Waals surface area contributed by atoms with Gasteiger partial charge < -0.3 is 5.11 Å². The van der Waals surface area contributed by atoms with E-state index in [4.69, 9.17) is 39.9 Å². The molecular weight excluding hydrogens is 386 g/mol. The maximum Gasteiger partial charge on any atom is 0.310 e. The lowest BCUT2D eigenvalue weighted by atomic mass is 10.1. The monoisotopic (exact) mass is 390 g/mol. The Hall–Kier alpha value is -0.440. The minimum Gasteiger partial charge on any atom is -0.481 e. The summed E-state index contributed by atoms with van der Waals surface area (Å²) in [5, 5.41) is 8.24. The quantitative estimate of drug-likeness (QED) is 0.509. The normalized spacial score (nSPS) is 27.6. The van der Waals surface area contributed by atoms with Crippen LogP contribution in [0.15, 0.2) is 23.1 Å². The fraction of sp³-hybridized carbons (Fsp3) is 0.300. The van der Waals surface area contributed by atoms with Gasteiger partial charge in [0.1, 0.15) is 9.23 Å². The minimum absolute atomic E-state index is 0.0783. The highest BCUT2D eigenvalue weighted by molar-refractivity contribution is 8.45. The van der Waals surface area contributed by atoms with E-state index in [1.807, 2.05) is 0 Å².